The van der Waals surface area contributed by atoms with Crippen molar-refractivity contribution >= 4 is 23.7 Å². The first-order chi connectivity index (χ1) is 7.63. The highest BCUT2D eigenvalue weighted by molar-refractivity contribution is 5.81. The number of aliphatic imine (C=N–C) groups is 1. The second-order valence-electron chi connectivity index (χ2n) is 3.84. The third-order valence-electron chi connectivity index (χ3n) is 2.54. The van der Waals surface area contributed by atoms with Crippen LogP contribution in [0.4, 0.5) is 17.5 Å². The zero-order chi connectivity index (χ0) is 11.7. The molecule has 6 nitrogen and oxygen atoms in total. The molecule has 0 aromatic carbocycles. The molecule has 86 valence electrons. The van der Waals surface area contributed by atoms with Crippen molar-refractivity contribution in [1.82, 2.24) is 9.97 Å². The van der Waals surface area contributed by atoms with E-state index in [1.807, 2.05) is 11.8 Å². The average molecular weight is 221 g/mol. The van der Waals surface area contributed by atoms with E-state index >= 15 is 0 Å². The highest BCUT2D eigenvalue weighted by atomic mass is 16.1. The molecule has 3 N–H and O–H groups in total. The van der Waals surface area contributed by atoms with Crippen molar-refractivity contribution in [3.8, 4) is 0 Å². The van der Waals surface area contributed by atoms with Crippen LogP contribution in [0.2, 0.25) is 0 Å². The predicted molar refractivity (Wildman–Crippen MR) is 64.5 cm³/mol. The minimum Gasteiger partial charge on any atom is -0.369 e. The van der Waals surface area contributed by atoms with Gasteiger partial charge in [-0.05, 0) is 13.3 Å². The molecule has 1 aliphatic heterocycles. The van der Waals surface area contributed by atoms with Crippen molar-refractivity contribution in [2.24, 2.45) is 4.99 Å². The lowest BCUT2D eigenvalue weighted by Crippen LogP contribution is -2.39. The number of rotatable bonds is 2. The Labute approximate surface area is 93.2 Å². The van der Waals surface area contributed by atoms with Gasteiger partial charge in [0.2, 0.25) is 5.95 Å². The van der Waals surface area contributed by atoms with Gasteiger partial charge in [-0.1, -0.05) is 6.92 Å². The van der Waals surface area contributed by atoms with Gasteiger partial charge in [-0.3, -0.25) is 9.78 Å². The Morgan fingerprint density at radius 3 is 3.06 bits per heavy atom. The van der Waals surface area contributed by atoms with Gasteiger partial charge in [-0.15, -0.1) is 0 Å². The van der Waals surface area contributed by atoms with Crippen LogP contribution in [0.5, 0.6) is 0 Å². The van der Waals surface area contributed by atoms with Gasteiger partial charge in [0.1, 0.15) is 0 Å². The van der Waals surface area contributed by atoms with Crippen LogP contribution in [0.1, 0.15) is 20.3 Å². The maximum atomic E-state index is 11.6. The standard InChI is InChI=1S/C10H15N5O/c1-3-4-15-6(2)5-12-7-8(15)13-10(11)14-9(7)16/h5-6H,3-4H2,1-2H3,(H3,11,13,14,16). The Bertz CT molecular complexity index is 479. The fourth-order valence-electron chi connectivity index (χ4n) is 1.79. The topological polar surface area (TPSA) is 87.4 Å². The van der Waals surface area contributed by atoms with Crippen LogP contribution >= 0.6 is 0 Å². The number of hydrogen-bond acceptors (Lipinski definition) is 5. The van der Waals surface area contributed by atoms with Crippen LogP contribution in [-0.4, -0.2) is 28.8 Å². The van der Waals surface area contributed by atoms with Gasteiger partial charge in [-0.2, -0.15) is 4.98 Å². The van der Waals surface area contributed by atoms with Crippen molar-refractivity contribution in [2.75, 3.05) is 17.2 Å². The first-order valence-corrected chi connectivity index (χ1v) is 5.34. The largest absolute Gasteiger partial charge is 0.369 e. The summed E-state index contributed by atoms with van der Waals surface area (Å²) in [6, 6.07) is 0.140. The lowest BCUT2D eigenvalue weighted by molar-refractivity contribution is 0.723. The predicted octanol–water partition coefficient (Wildman–Crippen LogP) is 0.673. The molecule has 1 atom stereocenters. The molecule has 1 aromatic heterocycles. The van der Waals surface area contributed by atoms with Crippen LogP contribution in [0.25, 0.3) is 0 Å². The number of hydrogen-bond donors (Lipinski definition) is 2. The molecule has 0 aliphatic carbocycles. The zero-order valence-electron chi connectivity index (χ0n) is 9.40. The minimum atomic E-state index is -0.285. The number of fused-ring (bicyclic) bond motifs is 1. The third kappa shape index (κ3) is 1.66. The van der Waals surface area contributed by atoms with E-state index in [1.165, 1.54) is 0 Å². The number of nitrogen functional groups attached to an aromatic ring is 1. The molecule has 0 bridgehead atoms. The van der Waals surface area contributed by atoms with Crippen LogP contribution in [-0.2, 0) is 0 Å². The number of nitrogens with two attached hydrogens (primary N) is 1. The van der Waals surface area contributed by atoms with E-state index < -0.39 is 0 Å². The maximum absolute atomic E-state index is 11.6. The Balaban J connectivity index is 2.55. The van der Waals surface area contributed by atoms with E-state index in [9.17, 15) is 4.79 Å². The molecule has 6 heteroatoms. The molecule has 0 saturated heterocycles. The molecule has 0 saturated carbocycles. The summed E-state index contributed by atoms with van der Waals surface area (Å²) < 4.78 is 0. The van der Waals surface area contributed by atoms with Crippen molar-refractivity contribution in [2.45, 2.75) is 26.3 Å². The molecule has 0 spiro atoms. The Kier molecular flexibility index (Phi) is 2.64. The monoisotopic (exact) mass is 221 g/mol. The van der Waals surface area contributed by atoms with Crippen LogP contribution in [0.3, 0.4) is 0 Å². The second-order valence-corrected chi connectivity index (χ2v) is 3.84. The number of aromatic nitrogens is 2. The van der Waals surface area contributed by atoms with Gasteiger partial charge in [0.25, 0.3) is 5.56 Å². The molecule has 2 heterocycles. The summed E-state index contributed by atoms with van der Waals surface area (Å²) in [6.45, 7) is 4.92. The van der Waals surface area contributed by atoms with E-state index in [1.54, 1.807) is 6.21 Å². The zero-order valence-corrected chi connectivity index (χ0v) is 9.40. The quantitative estimate of drug-likeness (QED) is 0.768. The number of nitrogens with zero attached hydrogens (tertiary/aromatic N) is 3. The number of nitrogens with one attached hydrogen (secondary N) is 1. The van der Waals surface area contributed by atoms with Crippen molar-refractivity contribution in [3.63, 3.8) is 0 Å². The summed E-state index contributed by atoms with van der Waals surface area (Å²) in [5.74, 6) is 0.715. The molecule has 0 radical (unpaired) electrons. The van der Waals surface area contributed by atoms with E-state index in [0.717, 1.165) is 13.0 Å². The van der Waals surface area contributed by atoms with Crippen LogP contribution in [0, 0.1) is 0 Å². The molecule has 1 aliphatic rings. The van der Waals surface area contributed by atoms with Gasteiger partial charge in [0, 0.05) is 12.8 Å². The maximum Gasteiger partial charge on any atom is 0.280 e. The van der Waals surface area contributed by atoms with Crippen molar-refractivity contribution in [1.29, 1.82) is 0 Å². The SMILES string of the molecule is CCCN1c2nc(N)[nH]c(=O)c2N=CC1C. The third-order valence-corrected chi connectivity index (χ3v) is 2.54. The van der Waals surface area contributed by atoms with E-state index in [0.29, 0.717) is 11.5 Å². The molecule has 16 heavy (non-hydrogen) atoms. The fraction of sp³-hybridized carbons (Fsp3) is 0.500. The summed E-state index contributed by atoms with van der Waals surface area (Å²) in [5.41, 5.74) is 5.60. The average Bonchev–Trinajstić information content (AvgIpc) is 2.22. The molecule has 0 fully saturated rings. The first kappa shape index (κ1) is 10.7. The van der Waals surface area contributed by atoms with Gasteiger partial charge in [-0.25, -0.2) is 4.99 Å². The molecular weight excluding hydrogens is 206 g/mol. The molecule has 2 rings (SSSR count). The van der Waals surface area contributed by atoms with Gasteiger partial charge in [0.05, 0.1) is 6.04 Å². The van der Waals surface area contributed by atoms with Gasteiger partial charge in [0.15, 0.2) is 11.5 Å². The smallest absolute Gasteiger partial charge is 0.280 e. The van der Waals surface area contributed by atoms with E-state index in [-0.39, 0.29) is 17.5 Å². The van der Waals surface area contributed by atoms with Gasteiger partial charge >= 0.3 is 0 Å². The molecular formula is C10H15N5O. The number of aromatic amines is 1. The number of anilines is 2. The highest BCUT2D eigenvalue weighted by Crippen LogP contribution is 2.27. The molecule has 1 aromatic rings. The Morgan fingerprint density at radius 1 is 1.62 bits per heavy atom. The second kappa shape index (κ2) is 3.96. The molecule has 0 amide bonds. The Hall–Kier alpha value is -1.85. The Morgan fingerprint density at radius 2 is 2.38 bits per heavy atom. The highest BCUT2D eigenvalue weighted by Gasteiger charge is 2.23. The van der Waals surface area contributed by atoms with Crippen LogP contribution < -0.4 is 16.2 Å². The summed E-state index contributed by atoms with van der Waals surface area (Å²) in [5, 5.41) is 0. The minimum absolute atomic E-state index is 0.133. The summed E-state index contributed by atoms with van der Waals surface area (Å²) in [7, 11) is 0. The summed E-state index contributed by atoms with van der Waals surface area (Å²) in [6.07, 6.45) is 2.73. The normalized spacial score (nSPS) is 18.6. The molecule has 1 unspecified atom stereocenters. The van der Waals surface area contributed by atoms with Crippen molar-refractivity contribution in [3.05, 3.63) is 10.4 Å². The first-order valence-electron chi connectivity index (χ1n) is 5.34. The summed E-state index contributed by atoms with van der Waals surface area (Å²) in [4.78, 5) is 24.4. The van der Waals surface area contributed by atoms with Gasteiger partial charge < -0.3 is 10.6 Å². The number of H-pyrrole nitrogens is 1. The fourth-order valence-corrected chi connectivity index (χ4v) is 1.79. The van der Waals surface area contributed by atoms with Crippen molar-refractivity contribution < 1.29 is 0 Å². The van der Waals surface area contributed by atoms with E-state index in [2.05, 4.69) is 21.9 Å². The van der Waals surface area contributed by atoms with Crippen LogP contribution in [0.15, 0.2) is 9.79 Å². The van der Waals surface area contributed by atoms with E-state index in [4.69, 9.17) is 5.73 Å². The lowest BCUT2D eigenvalue weighted by atomic mass is 10.2. The lowest BCUT2D eigenvalue weighted by Gasteiger charge is -2.30. The summed E-state index contributed by atoms with van der Waals surface area (Å²) >= 11 is 0.